The van der Waals surface area contributed by atoms with E-state index in [2.05, 4.69) is 27.4 Å². The van der Waals surface area contributed by atoms with Gasteiger partial charge in [-0.15, -0.1) is 5.10 Å². The van der Waals surface area contributed by atoms with E-state index in [1.165, 1.54) is 18.9 Å². The smallest absolute Gasteiger partial charge is 0.339 e. The molecule has 0 saturated heterocycles. The predicted octanol–water partition coefficient (Wildman–Crippen LogP) is 2.27. The number of nitrogens with one attached hydrogen (secondary N) is 2. The Balaban J connectivity index is 1.93. The number of amides is 1. The Morgan fingerprint density at radius 2 is 2.13 bits per heavy atom. The van der Waals surface area contributed by atoms with Crippen molar-refractivity contribution < 1.29 is 14.3 Å². The quantitative estimate of drug-likeness (QED) is 0.595. The lowest BCUT2D eigenvalue weighted by Gasteiger charge is -2.08. The predicted molar refractivity (Wildman–Crippen MR) is 87.5 cm³/mol. The van der Waals surface area contributed by atoms with Crippen molar-refractivity contribution in [3.8, 4) is 0 Å². The van der Waals surface area contributed by atoms with Crippen LogP contribution in [0.3, 0.4) is 0 Å². The van der Waals surface area contributed by atoms with E-state index in [4.69, 9.17) is 4.74 Å². The van der Waals surface area contributed by atoms with Crippen LogP contribution in [0.2, 0.25) is 0 Å². The summed E-state index contributed by atoms with van der Waals surface area (Å²) in [5.74, 6) is 0.227. The molecule has 1 heterocycles. The van der Waals surface area contributed by atoms with Gasteiger partial charge in [-0.1, -0.05) is 30.8 Å². The molecular weight excluding hydrogens is 316 g/mol. The molecule has 0 bridgehead atoms. The number of carbonyl (C=O) groups is 2. The average Bonchev–Trinajstić information content (AvgIpc) is 3.01. The molecule has 2 rings (SSSR count). The summed E-state index contributed by atoms with van der Waals surface area (Å²) in [5, 5.41) is 10.1. The highest BCUT2D eigenvalue weighted by Gasteiger charge is 2.14. The number of methoxy groups -OCH3 is 1. The van der Waals surface area contributed by atoms with Crippen LogP contribution in [0.15, 0.2) is 29.4 Å². The summed E-state index contributed by atoms with van der Waals surface area (Å²) < 4.78 is 4.69. The van der Waals surface area contributed by atoms with Gasteiger partial charge in [0.25, 0.3) is 0 Å². The Kier molecular flexibility index (Phi) is 6.16. The van der Waals surface area contributed by atoms with E-state index in [-0.39, 0.29) is 11.7 Å². The second-order valence-corrected chi connectivity index (χ2v) is 5.63. The second kappa shape index (κ2) is 8.33. The standard InChI is InChI=1S/C15H18N4O3S/c1-3-6-12-17-15(19-18-12)23-9-13(20)16-11-8-5-4-7-10(11)14(21)22-2/h4-5,7-8H,3,6,9H2,1-2H3,(H,16,20)(H,17,18,19). The average molecular weight is 334 g/mol. The molecule has 0 aliphatic carbocycles. The lowest BCUT2D eigenvalue weighted by atomic mass is 10.2. The topological polar surface area (TPSA) is 97.0 Å². The first-order valence-electron chi connectivity index (χ1n) is 7.15. The van der Waals surface area contributed by atoms with Gasteiger partial charge in [0.1, 0.15) is 5.82 Å². The van der Waals surface area contributed by atoms with Gasteiger partial charge in [0.05, 0.1) is 24.1 Å². The van der Waals surface area contributed by atoms with E-state index in [0.29, 0.717) is 16.4 Å². The Bertz CT molecular complexity index is 687. The van der Waals surface area contributed by atoms with Crippen molar-refractivity contribution in [3.05, 3.63) is 35.7 Å². The van der Waals surface area contributed by atoms with Gasteiger partial charge >= 0.3 is 5.97 Å². The zero-order valence-corrected chi connectivity index (χ0v) is 13.8. The summed E-state index contributed by atoms with van der Waals surface area (Å²) in [4.78, 5) is 28.0. The van der Waals surface area contributed by atoms with E-state index in [0.717, 1.165) is 18.7 Å². The molecule has 1 amide bonds. The Morgan fingerprint density at radius 3 is 2.87 bits per heavy atom. The third-order valence-corrected chi connectivity index (χ3v) is 3.78. The van der Waals surface area contributed by atoms with Crippen LogP contribution in [-0.4, -0.2) is 39.9 Å². The zero-order valence-electron chi connectivity index (χ0n) is 13.0. The normalized spacial score (nSPS) is 10.3. The van der Waals surface area contributed by atoms with E-state index >= 15 is 0 Å². The van der Waals surface area contributed by atoms with Gasteiger partial charge in [-0.2, -0.15) is 0 Å². The molecule has 8 heteroatoms. The van der Waals surface area contributed by atoms with Crippen LogP contribution in [0.4, 0.5) is 5.69 Å². The largest absolute Gasteiger partial charge is 0.465 e. The fraction of sp³-hybridized carbons (Fsp3) is 0.333. The number of hydrogen-bond acceptors (Lipinski definition) is 6. The maximum atomic E-state index is 12.0. The van der Waals surface area contributed by atoms with Crippen LogP contribution < -0.4 is 5.32 Å². The summed E-state index contributed by atoms with van der Waals surface area (Å²) in [6.45, 7) is 2.06. The fourth-order valence-corrected chi connectivity index (χ4v) is 2.50. The molecule has 0 fully saturated rings. The number of H-pyrrole nitrogens is 1. The lowest BCUT2D eigenvalue weighted by molar-refractivity contribution is -0.113. The number of para-hydroxylation sites is 1. The number of carbonyl (C=O) groups excluding carboxylic acids is 2. The summed E-state index contributed by atoms with van der Waals surface area (Å²) in [6.07, 6.45) is 1.80. The van der Waals surface area contributed by atoms with Crippen LogP contribution in [0.1, 0.15) is 29.5 Å². The molecule has 1 aromatic carbocycles. The molecule has 0 spiro atoms. The molecule has 0 atom stereocenters. The maximum Gasteiger partial charge on any atom is 0.339 e. The number of esters is 1. The van der Waals surface area contributed by atoms with Crippen molar-refractivity contribution >= 4 is 29.3 Å². The number of rotatable bonds is 7. The molecule has 7 nitrogen and oxygen atoms in total. The third-order valence-electron chi connectivity index (χ3n) is 2.94. The second-order valence-electron chi connectivity index (χ2n) is 4.69. The minimum absolute atomic E-state index is 0.152. The van der Waals surface area contributed by atoms with E-state index in [1.54, 1.807) is 24.3 Å². The van der Waals surface area contributed by atoms with Crippen LogP contribution in [-0.2, 0) is 16.0 Å². The summed E-state index contributed by atoms with van der Waals surface area (Å²) in [6, 6.07) is 6.70. The van der Waals surface area contributed by atoms with Crippen LogP contribution in [0, 0.1) is 0 Å². The third kappa shape index (κ3) is 4.82. The number of aryl methyl sites for hydroxylation is 1. The number of anilines is 1. The van der Waals surface area contributed by atoms with Crippen molar-refractivity contribution in [2.45, 2.75) is 24.9 Å². The highest BCUT2D eigenvalue weighted by Crippen LogP contribution is 2.18. The Morgan fingerprint density at radius 1 is 1.35 bits per heavy atom. The zero-order chi connectivity index (χ0) is 16.7. The first-order valence-corrected chi connectivity index (χ1v) is 8.14. The minimum atomic E-state index is -0.494. The molecule has 0 unspecified atom stereocenters. The van der Waals surface area contributed by atoms with Gasteiger partial charge in [0.15, 0.2) is 0 Å². The molecule has 2 N–H and O–H groups in total. The maximum absolute atomic E-state index is 12.0. The van der Waals surface area contributed by atoms with Gasteiger partial charge < -0.3 is 10.1 Å². The summed E-state index contributed by atoms with van der Waals surface area (Å²) in [7, 11) is 1.30. The monoisotopic (exact) mass is 334 g/mol. The highest BCUT2D eigenvalue weighted by atomic mass is 32.2. The Labute approximate surface area is 138 Å². The molecule has 23 heavy (non-hydrogen) atoms. The number of ether oxygens (including phenoxy) is 1. The van der Waals surface area contributed by atoms with Crippen molar-refractivity contribution in [2.24, 2.45) is 0 Å². The molecular formula is C15H18N4O3S. The molecule has 0 aliphatic heterocycles. The minimum Gasteiger partial charge on any atom is -0.465 e. The molecule has 2 aromatic rings. The summed E-state index contributed by atoms with van der Waals surface area (Å²) in [5.41, 5.74) is 0.739. The van der Waals surface area contributed by atoms with Crippen molar-refractivity contribution in [2.75, 3.05) is 18.2 Å². The van der Waals surface area contributed by atoms with Gasteiger partial charge in [0.2, 0.25) is 11.1 Å². The van der Waals surface area contributed by atoms with Crippen LogP contribution in [0.5, 0.6) is 0 Å². The Hall–Kier alpha value is -2.35. The molecule has 0 saturated carbocycles. The van der Waals surface area contributed by atoms with Gasteiger partial charge in [0, 0.05) is 6.42 Å². The van der Waals surface area contributed by atoms with Gasteiger partial charge in [-0.25, -0.2) is 9.78 Å². The van der Waals surface area contributed by atoms with Crippen LogP contribution >= 0.6 is 11.8 Å². The van der Waals surface area contributed by atoms with Crippen LogP contribution in [0.25, 0.3) is 0 Å². The molecule has 0 radical (unpaired) electrons. The number of hydrogen-bond donors (Lipinski definition) is 2. The number of benzene rings is 1. The SMILES string of the molecule is CCCc1nc(SCC(=O)Nc2ccccc2C(=O)OC)n[nH]1. The van der Waals surface area contributed by atoms with E-state index < -0.39 is 5.97 Å². The number of thioether (sulfide) groups is 1. The van der Waals surface area contributed by atoms with Gasteiger partial charge in [-0.3, -0.25) is 9.89 Å². The molecule has 0 aliphatic rings. The van der Waals surface area contributed by atoms with Crippen molar-refractivity contribution in [1.29, 1.82) is 0 Å². The molecule has 1 aromatic heterocycles. The number of aromatic nitrogens is 3. The highest BCUT2D eigenvalue weighted by molar-refractivity contribution is 7.99. The van der Waals surface area contributed by atoms with E-state index in [1.807, 2.05) is 0 Å². The van der Waals surface area contributed by atoms with Crippen molar-refractivity contribution in [1.82, 2.24) is 15.2 Å². The van der Waals surface area contributed by atoms with E-state index in [9.17, 15) is 9.59 Å². The number of aromatic amines is 1. The summed E-state index contributed by atoms with van der Waals surface area (Å²) >= 11 is 1.23. The first-order chi connectivity index (χ1) is 11.1. The van der Waals surface area contributed by atoms with Crippen molar-refractivity contribution in [3.63, 3.8) is 0 Å². The number of nitrogens with zero attached hydrogens (tertiary/aromatic N) is 2. The van der Waals surface area contributed by atoms with Gasteiger partial charge in [-0.05, 0) is 18.6 Å². The lowest BCUT2D eigenvalue weighted by Crippen LogP contribution is -2.17. The molecule has 122 valence electrons. The first kappa shape index (κ1) is 17.0. The fourth-order valence-electron chi connectivity index (χ4n) is 1.89.